The van der Waals surface area contributed by atoms with Crippen molar-refractivity contribution in [2.75, 3.05) is 31.2 Å². The molecule has 0 N–H and O–H groups in total. The lowest BCUT2D eigenvalue weighted by Gasteiger charge is -2.30. The molecule has 0 unspecified atom stereocenters. The third kappa shape index (κ3) is 3.15. The van der Waals surface area contributed by atoms with Gasteiger partial charge in [0.05, 0.1) is 37.0 Å². The van der Waals surface area contributed by atoms with Gasteiger partial charge in [-0.05, 0) is 30.7 Å². The second kappa shape index (κ2) is 6.69. The molecular formula is C20H21N3O2. The first-order valence-corrected chi connectivity index (χ1v) is 8.59. The molecule has 2 aromatic carbocycles. The normalized spacial score (nSPS) is 14.8. The predicted molar refractivity (Wildman–Crippen MR) is 99.3 cm³/mol. The standard InChI is InChI=1S/C20H21N3O2/c1-15-6-7-18-17(12-15)20(24)23(14-21-18)13-16-4-2-3-5-19(16)22-8-10-25-11-9-22/h2-7,12,14H,8-11,13H2,1H3. The van der Waals surface area contributed by atoms with Gasteiger partial charge in [0.1, 0.15) is 0 Å². The average molecular weight is 335 g/mol. The number of hydrogen-bond donors (Lipinski definition) is 0. The quantitative estimate of drug-likeness (QED) is 0.738. The number of ether oxygens (including phenoxy) is 1. The molecule has 128 valence electrons. The van der Waals surface area contributed by atoms with Gasteiger partial charge in [0.25, 0.3) is 5.56 Å². The third-order valence-corrected chi connectivity index (χ3v) is 4.66. The highest BCUT2D eigenvalue weighted by molar-refractivity contribution is 5.78. The molecule has 1 fully saturated rings. The third-order valence-electron chi connectivity index (χ3n) is 4.66. The zero-order valence-corrected chi connectivity index (χ0v) is 14.3. The maximum Gasteiger partial charge on any atom is 0.261 e. The summed E-state index contributed by atoms with van der Waals surface area (Å²) in [7, 11) is 0. The minimum absolute atomic E-state index is 0.00507. The van der Waals surface area contributed by atoms with E-state index >= 15 is 0 Å². The number of fused-ring (bicyclic) bond motifs is 1. The zero-order chi connectivity index (χ0) is 17.2. The second-order valence-electron chi connectivity index (χ2n) is 6.43. The number of aromatic nitrogens is 2. The molecule has 0 amide bonds. The van der Waals surface area contributed by atoms with Crippen molar-refractivity contribution in [3.63, 3.8) is 0 Å². The Morgan fingerprint density at radius 2 is 1.92 bits per heavy atom. The largest absolute Gasteiger partial charge is 0.378 e. The Morgan fingerprint density at radius 3 is 2.76 bits per heavy atom. The summed E-state index contributed by atoms with van der Waals surface area (Å²) in [6.07, 6.45) is 1.65. The van der Waals surface area contributed by atoms with Crippen molar-refractivity contribution in [1.82, 2.24) is 9.55 Å². The molecule has 0 spiro atoms. The Hall–Kier alpha value is -2.66. The van der Waals surface area contributed by atoms with Crippen LogP contribution in [0.1, 0.15) is 11.1 Å². The molecule has 25 heavy (non-hydrogen) atoms. The van der Waals surface area contributed by atoms with E-state index in [1.165, 1.54) is 5.69 Å². The molecule has 1 aromatic heterocycles. The van der Waals surface area contributed by atoms with E-state index in [1.54, 1.807) is 10.9 Å². The molecule has 0 atom stereocenters. The molecule has 4 rings (SSSR count). The number of hydrogen-bond acceptors (Lipinski definition) is 4. The molecule has 0 bridgehead atoms. The van der Waals surface area contributed by atoms with E-state index in [-0.39, 0.29) is 5.56 Å². The molecular weight excluding hydrogens is 314 g/mol. The minimum atomic E-state index is 0.00507. The van der Waals surface area contributed by atoms with E-state index in [1.807, 2.05) is 37.3 Å². The Balaban J connectivity index is 1.72. The molecule has 0 aliphatic carbocycles. The van der Waals surface area contributed by atoms with Crippen LogP contribution in [0.5, 0.6) is 0 Å². The zero-order valence-electron chi connectivity index (χ0n) is 14.3. The monoisotopic (exact) mass is 335 g/mol. The lowest BCUT2D eigenvalue weighted by molar-refractivity contribution is 0.122. The SMILES string of the molecule is Cc1ccc2ncn(Cc3ccccc3N3CCOCC3)c(=O)c2c1. The van der Waals surface area contributed by atoms with Gasteiger partial charge in [-0.25, -0.2) is 4.98 Å². The second-order valence-corrected chi connectivity index (χ2v) is 6.43. The predicted octanol–water partition coefficient (Wildman–Crippen LogP) is 2.59. The fourth-order valence-electron chi connectivity index (χ4n) is 3.33. The van der Waals surface area contributed by atoms with Gasteiger partial charge in [-0.1, -0.05) is 29.8 Å². The van der Waals surface area contributed by atoms with Gasteiger partial charge in [0.2, 0.25) is 0 Å². The molecule has 3 aromatic rings. The van der Waals surface area contributed by atoms with E-state index in [4.69, 9.17) is 4.74 Å². The van der Waals surface area contributed by atoms with Crippen LogP contribution in [0.25, 0.3) is 10.9 Å². The van der Waals surface area contributed by atoms with Crippen LogP contribution in [0.4, 0.5) is 5.69 Å². The van der Waals surface area contributed by atoms with Crippen LogP contribution in [0.2, 0.25) is 0 Å². The first kappa shape index (κ1) is 15.8. The Morgan fingerprint density at radius 1 is 1.12 bits per heavy atom. The molecule has 5 heteroatoms. The van der Waals surface area contributed by atoms with Crippen LogP contribution in [-0.2, 0) is 11.3 Å². The summed E-state index contributed by atoms with van der Waals surface area (Å²) < 4.78 is 7.15. The summed E-state index contributed by atoms with van der Waals surface area (Å²) in [6, 6.07) is 14.0. The highest BCUT2D eigenvalue weighted by Gasteiger charge is 2.15. The van der Waals surface area contributed by atoms with E-state index < -0.39 is 0 Å². The Kier molecular flexibility index (Phi) is 4.24. The van der Waals surface area contributed by atoms with Crippen LogP contribution >= 0.6 is 0 Å². The van der Waals surface area contributed by atoms with Gasteiger partial charge in [-0.3, -0.25) is 9.36 Å². The van der Waals surface area contributed by atoms with E-state index in [9.17, 15) is 4.79 Å². The molecule has 0 radical (unpaired) electrons. The fraction of sp³-hybridized carbons (Fsp3) is 0.300. The molecule has 1 aliphatic rings. The van der Waals surface area contributed by atoms with E-state index in [0.717, 1.165) is 42.9 Å². The van der Waals surface area contributed by atoms with E-state index in [2.05, 4.69) is 22.0 Å². The molecule has 0 saturated carbocycles. The van der Waals surface area contributed by atoms with Crippen LogP contribution in [0.15, 0.2) is 53.6 Å². The van der Waals surface area contributed by atoms with Crippen molar-refractivity contribution in [2.45, 2.75) is 13.5 Å². The van der Waals surface area contributed by atoms with Gasteiger partial charge in [-0.2, -0.15) is 0 Å². The lowest BCUT2D eigenvalue weighted by atomic mass is 10.1. The van der Waals surface area contributed by atoms with Crippen molar-refractivity contribution in [2.24, 2.45) is 0 Å². The first-order chi connectivity index (χ1) is 12.2. The molecule has 1 aliphatic heterocycles. The molecule has 1 saturated heterocycles. The number of morpholine rings is 1. The Labute approximate surface area is 146 Å². The number of aryl methyl sites for hydroxylation is 1. The van der Waals surface area contributed by atoms with Gasteiger partial charge >= 0.3 is 0 Å². The summed E-state index contributed by atoms with van der Waals surface area (Å²) in [4.78, 5) is 19.6. The van der Waals surface area contributed by atoms with Crippen LogP contribution in [0, 0.1) is 6.92 Å². The van der Waals surface area contributed by atoms with Crippen molar-refractivity contribution in [3.05, 3.63) is 70.3 Å². The highest BCUT2D eigenvalue weighted by atomic mass is 16.5. The molecule has 2 heterocycles. The van der Waals surface area contributed by atoms with Gasteiger partial charge in [-0.15, -0.1) is 0 Å². The van der Waals surface area contributed by atoms with Crippen molar-refractivity contribution >= 4 is 16.6 Å². The number of anilines is 1. The topological polar surface area (TPSA) is 47.4 Å². The number of rotatable bonds is 3. The first-order valence-electron chi connectivity index (χ1n) is 8.59. The van der Waals surface area contributed by atoms with Gasteiger partial charge < -0.3 is 9.64 Å². The van der Waals surface area contributed by atoms with Gasteiger partial charge in [0.15, 0.2) is 0 Å². The van der Waals surface area contributed by atoms with Crippen molar-refractivity contribution in [3.8, 4) is 0 Å². The maximum atomic E-state index is 12.9. The van der Waals surface area contributed by atoms with E-state index in [0.29, 0.717) is 11.9 Å². The Bertz CT molecular complexity index is 959. The average Bonchev–Trinajstić information content (AvgIpc) is 2.66. The maximum absolute atomic E-state index is 12.9. The van der Waals surface area contributed by atoms with Crippen molar-refractivity contribution < 1.29 is 4.74 Å². The summed E-state index contributed by atoms with van der Waals surface area (Å²) in [5, 5.41) is 0.673. The number of para-hydroxylation sites is 1. The van der Waals surface area contributed by atoms with Crippen molar-refractivity contribution in [1.29, 1.82) is 0 Å². The van der Waals surface area contributed by atoms with Crippen LogP contribution in [0.3, 0.4) is 0 Å². The number of benzene rings is 2. The minimum Gasteiger partial charge on any atom is -0.378 e. The summed E-state index contributed by atoms with van der Waals surface area (Å²) in [5.74, 6) is 0. The van der Waals surface area contributed by atoms with Crippen LogP contribution < -0.4 is 10.5 Å². The van der Waals surface area contributed by atoms with Crippen LogP contribution in [-0.4, -0.2) is 35.9 Å². The summed E-state index contributed by atoms with van der Waals surface area (Å²) >= 11 is 0. The smallest absolute Gasteiger partial charge is 0.261 e. The van der Waals surface area contributed by atoms with Gasteiger partial charge in [0, 0.05) is 18.8 Å². The fourth-order valence-corrected chi connectivity index (χ4v) is 3.33. The highest BCUT2D eigenvalue weighted by Crippen LogP contribution is 2.22. The summed E-state index contributed by atoms with van der Waals surface area (Å²) in [6.45, 7) is 5.74. The summed E-state index contributed by atoms with van der Waals surface area (Å²) in [5.41, 5.74) is 4.11. The lowest BCUT2D eigenvalue weighted by Crippen LogP contribution is -2.37. The molecule has 5 nitrogen and oxygen atoms in total. The number of nitrogens with zero attached hydrogens (tertiary/aromatic N) is 3.